The summed E-state index contributed by atoms with van der Waals surface area (Å²) in [5, 5.41) is 3.55. The minimum absolute atomic E-state index is 0.110. The van der Waals surface area contributed by atoms with E-state index in [1.165, 1.54) is 10.4 Å². The van der Waals surface area contributed by atoms with Gasteiger partial charge in [-0.3, -0.25) is 0 Å². The molecular formula is C16H20BrNO2S. The topological polar surface area (TPSA) is 30.5 Å². The molecule has 0 aliphatic rings. The molecule has 1 N–H and O–H groups in total. The number of halogens is 1. The number of benzene rings is 1. The molecule has 1 aromatic heterocycles. The van der Waals surface area contributed by atoms with Gasteiger partial charge in [-0.2, -0.15) is 0 Å². The molecule has 1 heterocycles. The molecule has 0 radical (unpaired) electrons. The van der Waals surface area contributed by atoms with Crippen LogP contribution in [0.5, 0.6) is 11.5 Å². The number of methoxy groups -OCH3 is 2. The summed E-state index contributed by atoms with van der Waals surface area (Å²) in [5.41, 5.74) is 2.39. The van der Waals surface area contributed by atoms with Gasteiger partial charge in [0.15, 0.2) is 0 Å². The molecule has 0 bridgehead atoms. The van der Waals surface area contributed by atoms with E-state index in [4.69, 9.17) is 9.47 Å². The summed E-state index contributed by atoms with van der Waals surface area (Å²) in [4.78, 5) is 1.30. The molecule has 0 fully saturated rings. The van der Waals surface area contributed by atoms with Crippen LogP contribution in [0.2, 0.25) is 0 Å². The molecule has 0 aliphatic carbocycles. The Kier molecular flexibility index (Phi) is 5.67. The van der Waals surface area contributed by atoms with Crippen LogP contribution in [0, 0.1) is 6.92 Å². The van der Waals surface area contributed by atoms with E-state index in [2.05, 4.69) is 47.2 Å². The Hall–Kier alpha value is -1.04. The predicted molar refractivity (Wildman–Crippen MR) is 91.8 cm³/mol. The highest BCUT2D eigenvalue weighted by molar-refractivity contribution is 9.11. The van der Waals surface area contributed by atoms with Crippen LogP contribution in [0.25, 0.3) is 0 Å². The molecule has 0 aliphatic heterocycles. The molecule has 5 heteroatoms. The van der Waals surface area contributed by atoms with Gasteiger partial charge in [0.1, 0.15) is 11.5 Å². The number of ether oxygens (including phenoxy) is 2. The minimum Gasteiger partial charge on any atom is -0.497 e. The molecule has 0 spiro atoms. The van der Waals surface area contributed by atoms with Gasteiger partial charge in [-0.15, -0.1) is 11.3 Å². The van der Waals surface area contributed by atoms with Crippen LogP contribution in [0.15, 0.2) is 28.1 Å². The fourth-order valence-electron chi connectivity index (χ4n) is 2.39. The van der Waals surface area contributed by atoms with Crippen LogP contribution in [0.4, 0.5) is 0 Å². The van der Waals surface area contributed by atoms with E-state index in [1.807, 2.05) is 12.1 Å². The van der Waals surface area contributed by atoms with Crippen molar-refractivity contribution < 1.29 is 9.47 Å². The van der Waals surface area contributed by atoms with Gasteiger partial charge in [0, 0.05) is 16.5 Å². The fraction of sp³-hybridized carbons (Fsp3) is 0.375. The second kappa shape index (κ2) is 7.29. The van der Waals surface area contributed by atoms with Crippen LogP contribution in [0.3, 0.4) is 0 Å². The highest BCUT2D eigenvalue weighted by atomic mass is 79.9. The first kappa shape index (κ1) is 16.3. The van der Waals surface area contributed by atoms with Gasteiger partial charge >= 0.3 is 0 Å². The lowest BCUT2D eigenvalue weighted by Crippen LogP contribution is -2.22. The Balaban J connectivity index is 2.50. The number of thiophene rings is 1. The van der Waals surface area contributed by atoms with Crippen molar-refractivity contribution in [2.45, 2.75) is 19.9 Å². The Labute approximate surface area is 138 Å². The zero-order chi connectivity index (χ0) is 15.4. The lowest BCUT2D eigenvalue weighted by molar-refractivity contribution is 0.387. The lowest BCUT2D eigenvalue weighted by atomic mass is 9.98. The first-order chi connectivity index (χ1) is 10.1. The van der Waals surface area contributed by atoms with Crippen LogP contribution in [-0.4, -0.2) is 20.8 Å². The number of hydrogen-bond donors (Lipinski definition) is 1. The summed E-state index contributed by atoms with van der Waals surface area (Å²) >= 11 is 5.32. The van der Waals surface area contributed by atoms with E-state index in [0.717, 1.165) is 27.4 Å². The number of hydrogen-bond acceptors (Lipinski definition) is 4. The molecule has 3 nitrogen and oxygen atoms in total. The maximum absolute atomic E-state index is 5.55. The molecule has 21 heavy (non-hydrogen) atoms. The van der Waals surface area contributed by atoms with Crippen molar-refractivity contribution in [3.05, 3.63) is 44.1 Å². The molecule has 114 valence electrons. The number of rotatable bonds is 6. The Morgan fingerprint density at radius 1 is 1.19 bits per heavy atom. The average Bonchev–Trinajstić information content (AvgIpc) is 2.82. The summed E-state index contributed by atoms with van der Waals surface area (Å²) in [7, 11) is 3.36. The third-order valence-electron chi connectivity index (χ3n) is 3.40. The SMILES string of the molecule is CCNC(c1ccc(OC)cc1OC)c1cc(Br)sc1C. The summed E-state index contributed by atoms with van der Waals surface area (Å²) in [5.74, 6) is 1.64. The van der Waals surface area contributed by atoms with Crippen molar-refractivity contribution >= 4 is 27.3 Å². The van der Waals surface area contributed by atoms with Gasteiger partial charge < -0.3 is 14.8 Å². The summed E-state index contributed by atoms with van der Waals surface area (Å²) in [6, 6.07) is 8.25. The van der Waals surface area contributed by atoms with Crippen molar-refractivity contribution in [2.75, 3.05) is 20.8 Å². The van der Waals surface area contributed by atoms with E-state index in [-0.39, 0.29) is 6.04 Å². The van der Waals surface area contributed by atoms with Gasteiger partial charge in [0.05, 0.1) is 24.0 Å². The first-order valence-corrected chi connectivity index (χ1v) is 8.42. The quantitative estimate of drug-likeness (QED) is 0.810. The molecule has 1 aromatic carbocycles. The smallest absolute Gasteiger partial charge is 0.127 e. The van der Waals surface area contributed by atoms with Gasteiger partial charge in [0.2, 0.25) is 0 Å². The van der Waals surface area contributed by atoms with E-state index >= 15 is 0 Å². The molecule has 1 unspecified atom stereocenters. The third kappa shape index (κ3) is 3.59. The zero-order valence-electron chi connectivity index (χ0n) is 12.7. The molecular weight excluding hydrogens is 350 g/mol. The molecule has 2 rings (SSSR count). The van der Waals surface area contributed by atoms with Crippen molar-refractivity contribution in [2.24, 2.45) is 0 Å². The average molecular weight is 370 g/mol. The van der Waals surface area contributed by atoms with Gasteiger partial charge in [-0.05, 0) is 53.2 Å². The van der Waals surface area contributed by atoms with E-state index in [0.29, 0.717) is 0 Å². The highest BCUT2D eigenvalue weighted by Gasteiger charge is 2.21. The largest absolute Gasteiger partial charge is 0.497 e. The van der Waals surface area contributed by atoms with Crippen LogP contribution >= 0.6 is 27.3 Å². The maximum Gasteiger partial charge on any atom is 0.127 e. The Bertz CT molecular complexity index is 612. The second-order valence-electron chi connectivity index (χ2n) is 4.66. The first-order valence-electron chi connectivity index (χ1n) is 6.81. The van der Waals surface area contributed by atoms with Crippen molar-refractivity contribution in [1.29, 1.82) is 0 Å². The van der Waals surface area contributed by atoms with Gasteiger partial charge in [0.25, 0.3) is 0 Å². The normalized spacial score (nSPS) is 12.2. The molecule has 0 saturated carbocycles. The molecule has 2 aromatic rings. The highest BCUT2D eigenvalue weighted by Crippen LogP contribution is 2.38. The van der Waals surface area contributed by atoms with E-state index in [9.17, 15) is 0 Å². The summed E-state index contributed by atoms with van der Waals surface area (Å²) in [6.45, 7) is 5.14. The molecule has 1 atom stereocenters. The Morgan fingerprint density at radius 2 is 1.95 bits per heavy atom. The monoisotopic (exact) mass is 369 g/mol. The van der Waals surface area contributed by atoms with Crippen molar-refractivity contribution in [3.63, 3.8) is 0 Å². The fourth-order valence-corrected chi connectivity index (χ4v) is 4.14. The number of nitrogens with one attached hydrogen (secondary N) is 1. The number of aryl methyl sites for hydroxylation is 1. The predicted octanol–water partition coefficient (Wildman–Crippen LogP) is 4.54. The van der Waals surface area contributed by atoms with Gasteiger partial charge in [-0.1, -0.05) is 6.92 Å². The molecule has 0 saturated heterocycles. The second-order valence-corrected chi connectivity index (χ2v) is 7.30. The van der Waals surface area contributed by atoms with Crippen molar-refractivity contribution in [3.8, 4) is 11.5 Å². The minimum atomic E-state index is 0.110. The van der Waals surface area contributed by atoms with Crippen LogP contribution < -0.4 is 14.8 Å². The van der Waals surface area contributed by atoms with E-state index in [1.54, 1.807) is 25.6 Å². The zero-order valence-corrected chi connectivity index (χ0v) is 15.1. The Morgan fingerprint density at radius 3 is 2.48 bits per heavy atom. The van der Waals surface area contributed by atoms with Crippen LogP contribution in [-0.2, 0) is 0 Å². The third-order valence-corrected chi connectivity index (χ3v) is 4.97. The standard InChI is InChI=1S/C16H20BrNO2S/c1-5-18-16(13-9-15(17)21-10(13)2)12-7-6-11(19-3)8-14(12)20-4/h6-9,16,18H,5H2,1-4H3. The lowest BCUT2D eigenvalue weighted by Gasteiger charge is -2.21. The summed E-state index contributed by atoms with van der Waals surface area (Å²) < 4.78 is 12.0. The van der Waals surface area contributed by atoms with Crippen molar-refractivity contribution in [1.82, 2.24) is 5.32 Å². The van der Waals surface area contributed by atoms with E-state index < -0.39 is 0 Å². The summed E-state index contributed by atoms with van der Waals surface area (Å²) in [6.07, 6.45) is 0. The molecule has 0 amide bonds. The maximum atomic E-state index is 5.55. The van der Waals surface area contributed by atoms with Gasteiger partial charge in [-0.25, -0.2) is 0 Å². The van der Waals surface area contributed by atoms with Crippen LogP contribution in [0.1, 0.15) is 29.0 Å².